The molecule has 1 aromatic heterocycles. The Kier molecular flexibility index (Phi) is 5.67. The van der Waals surface area contributed by atoms with Crippen LogP contribution in [0.25, 0.3) is 0 Å². The van der Waals surface area contributed by atoms with Crippen molar-refractivity contribution < 1.29 is 13.2 Å². The largest absolute Gasteiger partial charge is 0.389 e. The number of rotatable bonds is 6. The van der Waals surface area contributed by atoms with Crippen LogP contribution in [-0.2, 0) is 19.4 Å². The van der Waals surface area contributed by atoms with E-state index in [2.05, 4.69) is 5.10 Å². The molecular weight excluding hydrogens is 279 g/mol. The van der Waals surface area contributed by atoms with E-state index in [0.717, 1.165) is 11.4 Å². The summed E-state index contributed by atoms with van der Waals surface area (Å²) >= 11 is 6.18. The Morgan fingerprint density at radius 2 is 2.00 bits per heavy atom. The van der Waals surface area contributed by atoms with E-state index in [9.17, 15) is 13.2 Å². The highest BCUT2D eigenvalue weighted by atomic mass is 35.5. The molecule has 0 fully saturated rings. The minimum Gasteiger partial charge on any atom is -0.327 e. The smallest absolute Gasteiger partial charge is 0.327 e. The molecule has 0 aromatic carbocycles. The molecule has 1 rings (SSSR count). The highest BCUT2D eigenvalue weighted by molar-refractivity contribution is 6.31. The number of aromatic nitrogens is 2. The van der Waals surface area contributed by atoms with Crippen molar-refractivity contribution in [2.75, 3.05) is 0 Å². The van der Waals surface area contributed by atoms with E-state index in [-0.39, 0.29) is 6.42 Å². The number of alkyl halides is 3. The van der Waals surface area contributed by atoms with Crippen molar-refractivity contribution in [1.29, 1.82) is 0 Å². The molecule has 0 aliphatic heterocycles. The number of hydrogen-bond donors (Lipinski definition) is 1. The molecule has 110 valence electrons. The first-order chi connectivity index (χ1) is 8.78. The summed E-state index contributed by atoms with van der Waals surface area (Å²) in [5, 5.41) is 4.85. The fourth-order valence-corrected chi connectivity index (χ4v) is 2.26. The Balaban J connectivity index is 2.73. The topological polar surface area (TPSA) is 43.8 Å². The van der Waals surface area contributed by atoms with Crippen LogP contribution in [0.5, 0.6) is 0 Å². The Morgan fingerprint density at radius 1 is 1.37 bits per heavy atom. The molecule has 0 amide bonds. The predicted molar refractivity (Wildman–Crippen MR) is 69.3 cm³/mol. The summed E-state index contributed by atoms with van der Waals surface area (Å²) in [4.78, 5) is 0. The lowest BCUT2D eigenvalue weighted by Crippen LogP contribution is -2.26. The Bertz CT molecular complexity index is 415. The molecule has 2 N–H and O–H groups in total. The molecule has 0 aliphatic carbocycles. The van der Waals surface area contributed by atoms with E-state index in [1.807, 2.05) is 13.8 Å². The fraction of sp³-hybridized carbons (Fsp3) is 0.750. The summed E-state index contributed by atoms with van der Waals surface area (Å²) in [5.41, 5.74) is 7.25. The first kappa shape index (κ1) is 16.3. The van der Waals surface area contributed by atoms with Gasteiger partial charge in [-0.1, -0.05) is 18.5 Å². The lowest BCUT2D eigenvalue weighted by atomic mass is 10.1. The van der Waals surface area contributed by atoms with Crippen molar-refractivity contribution in [2.45, 2.75) is 58.3 Å². The maximum atomic E-state index is 12.1. The van der Waals surface area contributed by atoms with E-state index >= 15 is 0 Å². The standard InChI is InChI=1S/C12H19ClF3N3/c1-3-9-11(13)10(19(4-2)18-9)7-8(17)5-6-12(14,15)16/h8H,3-7,17H2,1-2H3. The van der Waals surface area contributed by atoms with Crippen LogP contribution >= 0.6 is 11.6 Å². The molecular formula is C12H19ClF3N3. The first-order valence-corrected chi connectivity index (χ1v) is 6.72. The molecule has 7 heteroatoms. The van der Waals surface area contributed by atoms with Crippen LogP contribution in [0.2, 0.25) is 5.02 Å². The lowest BCUT2D eigenvalue weighted by Gasteiger charge is -2.14. The zero-order chi connectivity index (χ0) is 14.6. The summed E-state index contributed by atoms with van der Waals surface area (Å²) < 4.78 is 38.1. The molecule has 0 radical (unpaired) electrons. The van der Waals surface area contributed by atoms with Gasteiger partial charge in [0.05, 0.1) is 16.4 Å². The van der Waals surface area contributed by atoms with Gasteiger partial charge in [-0.2, -0.15) is 18.3 Å². The van der Waals surface area contributed by atoms with Crippen LogP contribution in [0.3, 0.4) is 0 Å². The van der Waals surface area contributed by atoms with Crippen LogP contribution in [0.4, 0.5) is 13.2 Å². The average molecular weight is 298 g/mol. The first-order valence-electron chi connectivity index (χ1n) is 6.34. The Labute approximate surface area is 115 Å². The lowest BCUT2D eigenvalue weighted by molar-refractivity contribution is -0.136. The third-order valence-corrected chi connectivity index (χ3v) is 3.38. The number of aryl methyl sites for hydroxylation is 2. The highest BCUT2D eigenvalue weighted by Gasteiger charge is 2.28. The molecule has 0 saturated heterocycles. The van der Waals surface area contributed by atoms with Crippen molar-refractivity contribution >= 4 is 11.6 Å². The van der Waals surface area contributed by atoms with Crippen LogP contribution < -0.4 is 5.73 Å². The second-order valence-corrected chi connectivity index (χ2v) is 4.87. The predicted octanol–water partition coefficient (Wildman–Crippen LogP) is 3.33. The van der Waals surface area contributed by atoms with Crippen LogP contribution in [0.1, 0.15) is 38.1 Å². The van der Waals surface area contributed by atoms with Crippen LogP contribution in [0, 0.1) is 0 Å². The van der Waals surface area contributed by atoms with Crippen LogP contribution in [0.15, 0.2) is 0 Å². The maximum Gasteiger partial charge on any atom is 0.389 e. The van der Waals surface area contributed by atoms with Crippen molar-refractivity contribution in [3.8, 4) is 0 Å². The molecule has 0 spiro atoms. The van der Waals surface area contributed by atoms with Gasteiger partial charge in [0.25, 0.3) is 0 Å². The van der Waals surface area contributed by atoms with Gasteiger partial charge in [0.15, 0.2) is 0 Å². The van der Waals surface area contributed by atoms with Gasteiger partial charge in [-0.05, 0) is 19.8 Å². The van der Waals surface area contributed by atoms with Gasteiger partial charge in [-0.3, -0.25) is 4.68 Å². The normalized spacial score (nSPS) is 13.8. The van der Waals surface area contributed by atoms with E-state index in [4.69, 9.17) is 17.3 Å². The molecule has 3 nitrogen and oxygen atoms in total. The van der Waals surface area contributed by atoms with E-state index in [1.54, 1.807) is 4.68 Å². The minimum atomic E-state index is -4.17. The van der Waals surface area contributed by atoms with Gasteiger partial charge in [0, 0.05) is 25.4 Å². The molecule has 0 aliphatic rings. The number of nitrogens with zero attached hydrogens (tertiary/aromatic N) is 2. The molecule has 1 aromatic rings. The van der Waals surface area contributed by atoms with Crippen molar-refractivity contribution in [1.82, 2.24) is 9.78 Å². The van der Waals surface area contributed by atoms with Crippen molar-refractivity contribution in [2.24, 2.45) is 5.73 Å². The Hall–Kier alpha value is -0.750. The van der Waals surface area contributed by atoms with E-state index in [1.165, 1.54) is 0 Å². The number of nitrogens with two attached hydrogens (primary N) is 1. The molecule has 0 saturated carbocycles. The average Bonchev–Trinajstić information content (AvgIpc) is 2.63. The monoisotopic (exact) mass is 297 g/mol. The minimum absolute atomic E-state index is 0.101. The zero-order valence-electron chi connectivity index (χ0n) is 11.1. The van der Waals surface area contributed by atoms with Gasteiger partial charge >= 0.3 is 6.18 Å². The number of halogens is 4. The summed E-state index contributed by atoms with van der Waals surface area (Å²) in [6, 6.07) is -0.564. The second kappa shape index (κ2) is 6.61. The molecule has 1 atom stereocenters. The summed E-state index contributed by atoms with van der Waals surface area (Å²) in [7, 11) is 0. The van der Waals surface area contributed by atoms with Crippen molar-refractivity contribution in [3.63, 3.8) is 0 Å². The highest BCUT2D eigenvalue weighted by Crippen LogP contribution is 2.26. The van der Waals surface area contributed by atoms with Gasteiger partial charge in [-0.15, -0.1) is 0 Å². The van der Waals surface area contributed by atoms with Gasteiger partial charge in [-0.25, -0.2) is 0 Å². The molecule has 19 heavy (non-hydrogen) atoms. The number of hydrogen-bond acceptors (Lipinski definition) is 2. The summed E-state index contributed by atoms with van der Waals surface area (Å²) in [5.74, 6) is 0. The maximum absolute atomic E-state index is 12.1. The summed E-state index contributed by atoms with van der Waals surface area (Å²) in [6.07, 6.45) is -4.13. The SMILES string of the molecule is CCc1nn(CC)c(CC(N)CCC(F)(F)F)c1Cl. The van der Waals surface area contributed by atoms with Crippen LogP contribution in [-0.4, -0.2) is 22.0 Å². The third kappa shape index (κ3) is 4.69. The quantitative estimate of drug-likeness (QED) is 0.875. The molecule has 1 unspecified atom stereocenters. The Morgan fingerprint density at radius 3 is 2.47 bits per heavy atom. The third-order valence-electron chi connectivity index (χ3n) is 2.95. The van der Waals surface area contributed by atoms with Gasteiger partial charge < -0.3 is 5.73 Å². The van der Waals surface area contributed by atoms with E-state index in [0.29, 0.717) is 24.4 Å². The molecule has 0 bridgehead atoms. The summed E-state index contributed by atoms with van der Waals surface area (Å²) in [6.45, 7) is 4.47. The van der Waals surface area contributed by atoms with E-state index < -0.39 is 18.6 Å². The molecule has 1 heterocycles. The van der Waals surface area contributed by atoms with Gasteiger partial charge in [0.2, 0.25) is 0 Å². The van der Waals surface area contributed by atoms with Gasteiger partial charge in [0.1, 0.15) is 0 Å². The zero-order valence-corrected chi connectivity index (χ0v) is 11.9. The van der Waals surface area contributed by atoms with Crippen molar-refractivity contribution in [3.05, 3.63) is 16.4 Å². The second-order valence-electron chi connectivity index (χ2n) is 4.49. The fourth-order valence-electron chi connectivity index (χ4n) is 1.91.